The van der Waals surface area contributed by atoms with Gasteiger partial charge in [-0.1, -0.05) is 40.9 Å². The standard InChI is InChI=1S/C24H24Cl2NO5PS/c1-16-4-8-21(9-5-16)34-27(14-24(28)29)15-33(30,31-19-6-10-22(25)17(2)12-19)32-20-7-11-23(26)18(3)13-20/h4-13H,14-15H2,1-3H3,(H,28,29). The molecule has 3 aromatic carbocycles. The predicted octanol–water partition coefficient (Wildman–Crippen LogP) is 7.62. The van der Waals surface area contributed by atoms with Crippen molar-refractivity contribution in [1.82, 2.24) is 4.31 Å². The Labute approximate surface area is 213 Å². The number of rotatable bonds is 10. The molecular weight excluding hydrogens is 516 g/mol. The summed E-state index contributed by atoms with van der Waals surface area (Å²) in [4.78, 5) is 12.4. The van der Waals surface area contributed by atoms with Gasteiger partial charge in [-0.2, -0.15) is 0 Å². The summed E-state index contributed by atoms with van der Waals surface area (Å²) in [7, 11) is -3.94. The lowest BCUT2D eigenvalue weighted by atomic mass is 10.2. The highest BCUT2D eigenvalue weighted by atomic mass is 35.5. The molecule has 0 saturated heterocycles. The minimum Gasteiger partial charge on any atom is -0.480 e. The quantitative estimate of drug-likeness (QED) is 0.209. The van der Waals surface area contributed by atoms with Gasteiger partial charge in [-0.05, 0) is 92.4 Å². The van der Waals surface area contributed by atoms with Gasteiger partial charge < -0.3 is 14.2 Å². The number of aliphatic carboxylic acids is 1. The van der Waals surface area contributed by atoms with Gasteiger partial charge in [0.1, 0.15) is 24.3 Å². The molecule has 0 unspecified atom stereocenters. The Bertz CT molecular complexity index is 1160. The molecule has 0 atom stereocenters. The molecule has 0 saturated carbocycles. The zero-order valence-corrected chi connectivity index (χ0v) is 22.0. The topological polar surface area (TPSA) is 76.1 Å². The van der Waals surface area contributed by atoms with E-state index in [1.54, 1.807) is 50.2 Å². The molecule has 180 valence electrons. The van der Waals surface area contributed by atoms with Crippen molar-refractivity contribution in [3.8, 4) is 11.5 Å². The maximum absolute atomic E-state index is 14.0. The predicted molar refractivity (Wildman–Crippen MR) is 137 cm³/mol. The zero-order chi connectivity index (χ0) is 24.9. The molecule has 0 bridgehead atoms. The Balaban J connectivity index is 1.93. The van der Waals surface area contributed by atoms with Crippen LogP contribution in [0.1, 0.15) is 16.7 Å². The Morgan fingerprint density at radius 2 is 1.41 bits per heavy atom. The maximum Gasteiger partial charge on any atom is 0.445 e. The first-order chi connectivity index (χ1) is 16.0. The molecule has 10 heteroatoms. The van der Waals surface area contributed by atoms with Gasteiger partial charge in [0.05, 0.1) is 0 Å². The molecule has 34 heavy (non-hydrogen) atoms. The SMILES string of the molecule is Cc1ccc(SN(CC(=O)O)CP(=O)(Oc2ccc(Cl)c(C)c2)Oc2ccc(Cl)c(C)c2)cc1. The average molecular weight is 540 g/mol. The summed E-state index contributed by atoms with van der Waals surface area (Å²) in [5.41, 5.74) is 2.55. The molecule has 0 aromatic heterocycles. The molecule has 6 nitrogen and oxygen atoms in total. The smallest absolute Gasteiger partial charge is 0.445 e. The molecule has 0 heterocycles. The third-order valence-corrected chi connectivity index (χ3v) is 8.35. The van der Waals surface area contributed by atoms with E-state index in [9.17, 15) is 14.5 Å². The Morgan fingerprint density at radius 1 is 0.912 bits per heavy atom. The second kappa shape index (κ2) is 11.5. The van der Waals surface area contributed by atoms with Gasteiger partial charge in [0.25, 0.3) is 0 Å². The lowest BCUT2D eigenvalue weighted by Crippen LogP contribution is -2.26. The van der Waals surface area contributed by atoms with Crippen LogP contribution in [0.4, 0.5) is 0 Å². The number of hydrogen-bond donors (Lipinski definition) is 1. The monoisotopic (exact) mass is 539 g/mol. The van der Waals surface area contributed by atoms with Crippen LogP contribution in [-0.2, 0) is 9.36 Å². The van der Waals surface area contributed by atoms with E-state index >= 15 is 0 Å². The summed E-state index contributed by atoms with van der Waals surface area (Å²) in [5.74, 6) is -0.478. The average Bonchev–Trinajstić information content (AvgIpc) is 2.74. The summed E-state index contributed by atoms with van der Waals surface area (Å²) in [5, 5.41) is 10.5. The molecule has 0 amide bonds. The third-order valence-electron chi connectivity index (χ3n) is 4.65. The number of nitrogens with zero attached hydrogens (tertiary/aromatic N) is 1. The Morgan fingerprint density at radius 3 is 1.85 bits per heavy atom. The molecule has 0 aliphatic heterocycles. The molecular formula is C24H24Cl2NO5PS. The van der Waals surface area contributed by atoms with Crippen molar-refractivity contribution in [2.45, 2.75) is 25.7 Å². The second-order valence-electron chi connectivity index (χ2n) is 7.69. The van der Waals surface area contributed by atoms with Crippen molar-refractivity contribution < 1.29 is 23.5 Å². The van der Waals surface area contributed by atoms with Crippen LogP contribution in [0.15, 0.2) is 65.6 Å². The highest BCUT2D eigenvalue weighted by molar-refractivity contribution is 7.97. The lowest BCUT2D eigenvalue weighted by molar-refractivity contribution is -0.136. The van der Waals surface area contributed by atoms with Crippen molar-refractivity contribution in [1.29, 1.82) is 0 Å². The Hall–Kier alpha value is -2.15. The third kappa shape index (κ3) is 7.69. The first-order valence-electron chi connectivity index (χ1n) is 10.2. The van der Waals surface area contributed by atoms with Crippen molar-refractivity contribution in [3.63, 3.8) is 0 Å². The van der Waals surface area contributed by atoms with E-state index in [1.165, 1.54) is 4.31 Å². The van der Waals surface area contributed by atoms with Crippen LogP contribution in [0, 0.1) is 20.8 Å². The van der Waals surface area contributed by atoms with Crippen molar-refractivity contribution in [2.75, 3.05) is 12.8 Å². The second-order valence-corrected chi connectivity index (χ2v) is 11.5. The van der Waals surface area contributed by atoms with E-state index in [0.29, 0.717) is 21.5 Å². The van der Waals surface area contributed by atoms with Crippen molar-refractivity contribution >= 4 is 48.7 Å². The fraction of sp³-hybridized carbons (Fsp3) is 0.208. The van der Waals surface area contributed by atoms with Crippen LogP contribution in [0.3, 0.4) is 0 Å². The molecule has 1 N–H and O–H groups in total. The van der Waals surface area contributed by atoms with Crippen LogP contribution < -0.4 is 9.05 Å². The molecule has 0 fully saturated rings. The van der Waals surface area contributed by atoms with Gasteiger partial charge in [-0.25, -0.2) is 8.87 Å². The van der Waals surface area contributed by atoms with E-state index in [0.717, 1.165) is 33.5 Å². The number of carboxylic acid groups (broad SMARTS) is 1. The van der Waals surface area contributed by atoms with Crippen LogP contribution in [0.25, 0.3) is 0 Å². The first-order valence-corrected chi connectivity index (χ1v) is 13.5. The van der Waals surface area contributed by atoms with Crippen LogP contribution >= 0.6 is 42.7 Å². The van der Waals surface area contributed by atoms with Crippen molar-refractivity contribution in [3.05, 3.63) is 87.4 Å². The summed E-state index contributed by atoms with van der Waals surface area (Å²) in [6.45, 7) is 5.18. The highest BCUT2D eigenvalue weighted by Crippen LogP contribution is 2.51. The minimum absolute atomic E-state index is 0.290. The van der Waals surface area contributed by atoms with E-state index in [-0.39, 0.29) is 12.8 Å². The largest absolute Gasteiger partial charge is 0.480 e. The lowest BCUT2D eigenvalue weighted by Gasteiger charge is -2.26. The van der Waals surface area contributed by atoms with Gasteiger partial charge in [-0.3, -0.25) is 4.79 Å². The number of halogens is 2. The number of carbonyl (C=O) groups is 1. The highest BCUT2D eigenvalue weighted by Gasteiger charge is 2.33. The summed E-state index contributed by atoms with van der Waals surface area (Å²) >= 11 is 13.4. The van der Waals surface area contributed by atoms with E-state index < -0.39 is 13.6 Å². The maximum atomic E-state index is 14.0. The number of carboxylic acids is 1. The molecule has 0 aliphatic rings. The van der Waals surface area contributed by atoms with Crippen LogP contribution in [0.2, 0.25) is 10.0 Å². The van der Waals surface area contributed by atoms with Gasteiger partial charge in [0.15, 0.2) is 0 Å². The van der Waals surface area contributed by atoms with Gasteiger partial charge in [0.2, 0.25) is 0 Å². The zero-order valence-electron chi connectivity index (χ0n) is 18.8. The summed E-state index contributed by atoms with van der Waals surface area (Å²) in [6, 6.07) is 17.3. The van der Waals surface area contributed by atoms with Crippen molar-refractivity contribution in [2.24, 2.45) is 0 Å². The van der Waals surface area contributed by atoms with Crippen LogP contribution in [0.5, 0.6) is 11.5 Å². The van der Waals surface area contributed by atoms with E-state index in [1.807, 2.05) is 31.2 Å². The first kappa shape index (κ1) is 26.5. The Kier molecular flexibility index (Phi) is 8.96. The molecule has 0 radical (unpaired) electrons. The van der Waals surface area contributed by atoms with E-state index in [4.69, 9.17) is 32.2 Å². The number of benzene rings is 3. The molecule has 3 rings (SSSR count). The molecule has 0 aliphatic carbocycles. The minimum atomic E-state index is -3.94. The van der Waals surface area contributed by atoms with Gasteiger partial charge in [0, 0.05) is 14.9 Å². The number of hydrogen-bond acceptors (Lipinski definition) is 6. The summed E-state index contributed by atoms with van der Waals surface area (Å²) in [6.07, 6.45) is -0.290. The fourth-order valence-electron chi connectivity index (χ4n) is 2.95. The fourth-order valence-corrected chi connectivity index (χ4v) is 6.08. The molecule has 0 spiro atoms. The van der Waals surface area contributed by atoms with Crippen LogP contribution in [-0.4, -0.2) is 28.2 Å². The molecule has 3 aromatic rings. The van der Waals surface area contributed by atoms with E-state index in [2.05, 4.69) is 0 Å². The normalized spacial score (nSPS) is 11.5. The number of aryl methyl sites for hydroxylation is 3. The summed E-state index contributed by atoms with van der Waals surface area (Å²) < 4.78 is 27.2. The van der Waals surface area contributed by atoms with Gasteiger partial charge >= 0.3 is 13.6 Å². The van der Waals surface area contributed by atoms with Gasteiger partial charge in [-0.15, -0.1) is 0 Å².